The molecule has 5 rings (SSSR count). The molecular weight excluding hydrogens is 580 g/mol. The fraction of sp³-hybridized carbons (Fsp3) is 0.949. The van der Waals surface area contributed by atoms with Crippen LogP contribution in [-0.4, -0.2) is 63.6 Å². The maximum atomic E-state index is 10.2. The summed E-state index contributed by atoms with van der Waals surface area (Å²) in [4.78, 5) is 0. The smallest absolute Gasteiger partial charge is 0.132 e. The van der Waals surface area contributed by atoms with Gasteiger partial charge in [-0.3, -0.25) is 0 Å². The van der Waals surface area contributed by atoms with Crippen molar-refractivity contribution in [2.45, 2.75) is 174 Å². The summed E-state index contributed by atoms with van der Waals surface area (Å²) in [6.45, 7) is 15.3. The second-order valence-corrected chi connectivity index (χ2v) is 18.2. The van der Waals surface area contributed by atoms with E-state index in [1.54, 1.807) is 24.3 Å². The number of thioether (sulfide) groups is 1. The van der Waals surface area contributed by atoms with Gasteiger partial charge in [-0.1, -0.05) is 78.4 Å². The van der Waals surface area contributed by atoms with Crippen molar-refractivity contribution < 1.29 is 24.8 Å². The van der Waals surface area contributed by atoms with Crippen molar-refractivity contribution in [3.05, 3.63) is 11.6 Å². The summed E-state index contributed by atoms with van der Waals surface area (Å²) >= 11 is 1.55. The van der Waals surface area contributed by atoms with Gasteiger partial charge in [-0.05, 0) is 123 Å². The van der Waals surface area contributed by atoms with Crippen LogP contribution in [-0.2, 0) is 9.47 Å². The predicted octanol–water partition coefficient (Wildman–Crippen LogP) is 8.53. The van der Waals surface area contributed by atoms with E-state index in [1.165, 1.54) is 64.2 Å². The first-order valence-corrected chi connectivity index (χ1v) is 20.1. The molecule has 4 aliphatic carbocycles. The summed E-state index contributed by atoms with van der Waals surface area (Å²) in [6, 6.07) is 0. The Bertz CT molecular complexity index is 971. The van der Waals surface area contributed by atoms with E-state index < -0.39 is 29.9 Å². The van der Waals surface area contributed by atoms with E-state index in [4.69, 9.17) is 9.47 Å². The van der Waals surface area contributed by atoms with Crippen LogP contribution in [0.4, 0.5) is 0 Å². The molecule has 3 saturated carbocycles. The molecule has 1 aliphatic heterocycles. The van der Waals surface area contributed by atoms with Crippen LogP contribution in [0.15, 0.2) is 11.6 Å². The second-order valence-electron chi connectivity index (χ2n) is 17.0. The van der Waals surface area contributed by atoms with Gasteiger partial charge in [0.1, 0.15) is 23.7 Å². The second kappa shape index (κ2) is 15.6. The predicted molar refractivity (Wildman–Crippen MR) is 186 cm³/mol. The molecule has 0 amide bonds. The standard InChI is InChI=1S/C39H68O5S/c1-25(2)12-11-13-26(3)31-16-17-32-30-15-14-28-24-29(18-20-38(28,5)33(30)19-21-39(31,32)6)43-22-9-7-8-10-23-45-37-36(42)35(41)34(40)27(4)44-37/h14,25-27,29-37,40-42H,7-13,15-24H2,1-6H3/t26-,27+,29+,30?,31-,32?,33?,34-,35-,36+,37-,38+,39-/m1/s1. The quantitative estimate of drug-likeness (QED) is 0.129. The van der Waals surface area contributed by atoms with Crippen molar-refractivity contribution in [3.63, 3.8) is 0 Å². The highest BCUT2D eigenvalue weighted by Crippen LogP contribution is 2.67. The van der Waals surface area contributed by atoms with Gasteiger partial charge in [0.25, 0.3) is 0 Å². The molecule has 5 nitrogen and oxygen atoms in total. The molecule has 3 N–H and O–H groups in total. The van der Waals surface area contributed by atoms with Crippen molar-refractivity contribution in [2.75, 3.05) is 12.4 Å². The number of aliphatic hydroxyl groups excluding tert-OH is 3. The fourth-order valence-electron chi connectivity index (χ4n) is 11.0. The largest absolute Gasteiger partial charge is 0.388 e. The van der Waals surface area contributed by atoms with E-state index in [0.29, 0.717) is 16.9 Å². The molecule has 5 aliphatic rings. The van der Waals surface area contributed by atoms with E-state index in [1.807, 2.05) is 0 Å². The van der Waals surface area contributed by atoms with Crippen LogP contribution in [0.3, 0.4) is 0 Å². The van der Waals surface area contributed by atoms with Crippen molar-refractivity contribution in [2.24, 2.45) is 46.3 Å². The maximum Gasteiger partial charge on any atom is 0.132 e. The number of rotatable bonds is 14. The highest BCUT2D eigenvalue weighted by atomic mass is 32.2. The Balaban J connectivity index is 1.02. The van der Waals surface area contributed by atoms with Crippen molar-refractivity contribution in [1.82, 2.24) is 0 Å². The summed E-state index contributed by atoms with van der Waals surface area (Å²) in [7, 11) is 0. The maximum absolute atomic E-state index is 10.2. The van der Waals surface area contributed by atoms with Gasteiger partial charge in [-0.15, -0.1) is 11.8 Å². The minimum absolute atomic E-state index is 0.390. The van der Waals surface area contributed by atoms with Gasteiger partial charge in [0, 0.05) is 6.61 Å². The third-order valence-electron chi connectivity index (χ3n) is 13.7. The average molecular weight is 649 g/mol. The van der Waals surface area contributed by atoms with Gasteiger partial charge in [-0.2, -0.15) is 0 Å². The Hall–Kier alpha value is -0.110. The minimum Gasteiger partial charge on any atom is -0.388 e. The molecule has 0 aromatic heterocycles. The van der Waals surface area contributed by atoms with Crippen molar-refractivity contribution in [1.29, 1.82) is 0 Å². The monoisotopic (exact) mass is 648 g/mol. The van der Waals surface area contributed by atoms with Crippen LogP contribution >= 0.6 is 11.8 Å². The van der Waals surface area contributed by atoms with Crippen LogP contribution < -0.4 is 0 Å². The number of hydrogen-bond donors (Lipinski definition) is 3. The fourth-order valence-corrected chi connectivity index (χ4v) is 12.2. The van der Waals surface area contributed by atoms with Crippen LogP contribution in [0.1, 0.15) is 138 Å². The average Bonchev–Trinajstić information content (AvgIpc) is 3.37. The SMILES string of the molecule is CC(C)CCC[C@@H](C)[C@H]1CCC2C3CC=C4C[C@@H](OCCCCCCS[C@H]5O[C@@H](C)[C@@H](O)[C@@H](O)[C@@H]5O)CC[C@]4(C)C3CC[C@@]21C. The van der Waals surface area contributed by atoms with Gasteiger partial charge in [0.2, 0.25) is 0 Å². The van der Waals surface area contributed by atoms with Gasteiger partial charge in [-0.25, -0.2) is 0 Å². The number of aliphatic hydroxyl groups is 3. The number of hydrogen-bond acceptors (Lipinski definition) is 6. The summed E-state index contributed by atoms with van der Waals surface area (Å²) in [5.41, 5.74) is 2.22. The number of fused-ring (bicyclic) bond motifs is 5. The van der Waals surface area contributed by atoms with Crippen molar-refractivity contribution >= 4 is 11.8 Å². The lowest BCUT2D eigenvalue weighted by Gasteiger charge is -2.58. The lowest BCUT2D eigenvalue weighted by Crippen LogP contribution is -2.55. The molecule has 1 saturated heterocycles. The zero-order chi connectivity index (χ0) is 32.4. The number of allylic oxidation sites excluding steroid dienone is 1. The van der Waals surface area contributed by atoms with E-state index in [0.717, 1.165) is 80.0 Å². The van der Waals surface area contributed by atoms with Crippen LogP contribution in [0.5, 0.6) is 0 Å². The first kappa shape index (κ1) is 36.2. The van der Waals surface area contributed by atoms with Crippen molar-refractivity contribution in [3.8, 4) is 0 Å². The van der Waals surface area contributed by atoms with Gasteiger partial charge < -0.3 is 24.8 Å². The third kappa shape index (κ3) is 7.88. The molecule has 0 aromatic carbocycles. The molecule has 0 bridgehead atoms. The van der Waals surface area contributed by atoms with E-state index >= 15 is 0 Å². The van der Waals surface area contributed by atoms with Gasteiger partial charge in [0.15, 0.2) is 0 Å². The molecular formula is C39H68O5S. The third-order valence-corrected chi connectivity index (χ3v) is 15.0. The highest BCUT2D eigenvalue weighted by molar-refractivity contribution is 7.99. The Morgan fingerprint density at radius 1 is 0.889 bits per heavy atom. The molecule has 4 fully saturated rings. The van der Waals surface area contributed by atoms with E-state index in [9.17, 15) is 15.3 Å². The molecule has 260 valence electrons. The van der Waals surface area contributed by atoms with Crippen LogP contribution in [0, 0.1) is 46.3 Å². The molecule has 13 atom stereocenters. The Labute approximate surface area is 280 Å². The van der Waals surface area contributed by atoms with E-state index in [-0.39, 0.29) is 0 Å². The molecule has 0 aromatic rings. The van der Waals surface area contributed by atoms with Crippen LogP contribution in [0.25, 0.3) is 0 Å². The Kier molecular flexibility index (Phi) is 12.6. The molecule has 6 heteroatoms. The molecule has 45 heavy (non-hydrogen) atoms. The highest BCUT2D eigenvalue weighted by Gasteiger charge is 2.59. The summed E-state index contributed by atoms with van der Waals surface area (Å²) in [6.07, 6.45) is 18.9. The topological polar surface area (TPSA) is 79.2 Å². The lowest BCUT2D eigenvalue weighted by molar-refractivity contribution is -0.192. The normalized spacial score (nSPS) is 43.8. The number of unbranched alkanes of at least 4 members (excludes halogenated alkanes) is 3. The molecule has 0 spiro atoms. The first-order chi connectivity index (χ1) is 21.5. The van der Waals surface area contributed by atoms with Crippen LogP contribution in [0.2, 0.25) is 0 Å². The zero-order valence-corrected chi connectivity index (χ0v) is 30.4. The summed E-state index contributed by atoms with van der Waals surface area (Å²) in [5, 5.41) is 30.1. The lowest BCUT2D eigenvalue weighted by atomic mass is 9.47. The first-order valence-electron chi connectivity index (χ1n) is 19.1. The van der Waals surface area contributed by atoms with Gasteiger partial charge in [0.05, 0.1) is 12.2 Å². The zero-order valence-electron chi connectivity index (χ0n) is 29.6. The summed E-state index contributed by atoms with van der Waals surface area (Å²) in [5.74, 6) is 6.24. The molecule has 3 unspecified atom stereocenters. The Morgan fingerprint density at radius 3 is 2.44 bits per heavy atom. The number of ether oxygens (including phenoxy) is 2. The molecule has 0 radical (unpaired) electrons. The molecule has 1 heterocycles. The summed E-state index contributed by atoms with van der Waals surface area (Å²) < 4.78 is 12.2. The Morgan fingerprint density at radius 2 is 1.67 bits per heavy atom. The van der Waals surface area contributed by atoms with Gasteiger partial charge >= 0.3 is 0 Å². The van der Waals surface area contributed by atoms with E-state index in [2.05, 4.69) is 40.7 Å². The minimum atomic E-state index is -1.14.